The molecule has 40 heavy (non-hydrogen) atoms. The van der Waals surface area contributed by atoms with Crippen LogP contribution in [0.4, 0.5) is 10.2 Å². The molecule has 1 amide bonds. The Bertz CT molecular complexity index is 1600. The summed E-state index contributed by atoms with van der Waals surface area (Å²) in [4.78, 5) is 27.4. The highest BCUT2D eigenvalue weighted by Gasteiger charge is 2.38. The number of ether oxygens (including phenoxy) is 2. The zero-order valence-electron chi connectivity index (χ0n) is 22.0. The Kier molecular flexibility index (Phi) is 6.60. The van der Waals surface area contributed by atoms with E-state index in [1.807, 2.05) is 25.1 Å². The zero-order valence-corrected chi connectivity index (χ0v) is 23.6. The average molecular weight is 583 g/mol. The Balaban J connectivity index is 1.17. The molecule has 7 rings (SSSR count). The van der Waals surface area contributed by atoms with E-state index in [9.17, 15) is 4.79 Å². The van der Waals surface area contributed by atoms with Crippen LogP contribution in [0.5, 0.6) is 5.75 Å². The van der Waals surface area contributed by atoms with Gasteiger partial charge in [0.1, 0.15) is 22.7 Å². The van der Waals surface area contributed by atoms with Crippen LogP contribution in [0.2, 0.25) is 5.15 Å². The van der Waals surface area contributed by atoms with E-state index < -0.39 is 6.04 Å². The van der Waals surface area contributed by atoms with Crippen molar-refractivity contribution >= 4 is 39.6 Å². The van der Waals surface area contributed by atoms with Crippen molar-refractivity contribution in [2.75, 3.05) is 44.4 Å². The van der Waals surface area contributed by atoms with E-state index in [0.29, 0.717) is 43.4 Å². The normalized spacial score (nSPS) is 19.2. The molecule has 9 nitrogen and oxygen atoms in total. The van der Waals surface area contributed by atoms with E-state index >= 15 is 4.39 Å². The summed E-state index contributed by atoms with van der Waals surface area (Å²) in [6.07, 6.45) is 2.71. The maximum absolute atomic E-state index is 15.7. The fourth-order valence-electron chi connectivity index (χ4n) is 5.59. The summed E-state index contributed by atoms with van der Waals surface area (Å²) in [5, 5.41) is 5.67. The molecule has 12 heteroatoms. The lowest BCUT2D eigenvalue weighted by molar-refractivity contribution is -0.135. The van der Waals surface area contributed by atoms with E-state index in [4.69, 9.17) is 26.1 Å². The van der Waals surface area contributed by atoms with Gasteiger partial charge in [-0.1, -0.05) is 35.1 Å². The summed E-state index contributed by atoms with van der Waals surface area (Å²) in [6.45, 7) is 4.78. The fourth-order valence-corrected chi connectivity index (χ4v) is 6.56. The molecule has 0 bridgehead atoms. The van der Waals surface area contributed by atoms with Gasteiger partial charge in [-0.25, -0.2) is 18.9 Å². The molecule has 2 aliphatic heterocycles. The third-order valence-corrected chi connectivity index (χ3v) is 8.84. The van der Waals surface area contributed by atoms with E-state index in [2.05, 4.69) is 15.0 Å². The van der Waals surface area contributed by atoms with E-state index in [-0.39, 0.29) is 23.5 Å². The Hall–Kier alpha value is -3.28. The van der Waals surface area contributed by atoms with Gasteiger partial charge in [0.05, 0.1) is 24.6 Å². The highest BCUT2D eigenvalue weighted by molar-refractivity contribution is 7.16. The second-order valence-corrected chi connectivity index (χ2v) is 11.9. The number of pyridine rings is 1. The quantitative estimate of drug-likeness (QED) is 0.308. The van der Waals surface area contributed by atoms with Crippen LogP contribution in [-0.2, 0) is 16.0 Å². The molecule has 4 aromatic rings. The van der Waals surface area contributed by atoms with Gasteiger partial charge in [-0.3, -0.25) is 4.79 Å². The monoisotopic (exact) mass is 582 g/mol. The largest absolute Gasteiger partial charge is 0.481 e. The summed E-state index contributed by atoms with van der Waals surface area (Å²) < 4.78 is 28.7. The number of aromatic nitrogens is 4. The number of carbonyl (C=O) groups excluding carboxylic acids is 1. The van der Waals surface area contributed by atoms with Gasteiger partial charge in [-0.2, -0.15) is 5.10 Å². The lowest BCUT2D eigenvalue weighted by Gasteiger charge is -2.35. The summed E-state index contributed by atoms with van der Waals surface area (Å²) in [5.74, 6) is 0.880. The first-order chi connectivity index (χ1) is 19.5. The number of halogens is 2. The first kappa shape index (κ1) is 25.7. The molecular formula is C28H28ClFN6O3S. The molecule has 3 aromatic heterocycles. The highest BCUT2D eigenvalue weighted by Crippen LogP contribution is 2.43. The van der Waals surface area contributed by atoms with Gasteiger partial charge in [0.15, 0.2) is 17.5 Å². The second kappa shape index (κ2) is 10.3. The van der Waals surface area contributed by atoms with Crippen molar-refractivity contribution in [2.45, 2.75) is 38.1 Å². The van der Waals surface area contributed by atoms with Crippen molar-refractivity contribution in [3.05, 3.63) is 68.8 Å². The molecule has 3 aliphatic rings. The van der Waals surface area contributed by atoms with Gasteiger partial charge in [-0.15, -0.1) is 0 Å². The molecule has 1 atom stereocenters. The second-order valence-electron chi connectivity index (χ2n) is 10.4. The maximum atomic E-state index is 15.7. The molecular weight excluding hydrogens is 555 g/mol. The standard InChI is InChI=1S/C28H28ClFN6O3S/c1-16-33-36-26-21(31-28(36)40-16)8-9-35(25(26)19-5-4-18(14-20(19)30)17-2-3-17)24(37)15-39-22-6-7-23(32-27(22)29)34-10-12-38-13-11-34/h4-7,14,17,25H,2-3,8-13,15H2,1H3. The van der Waals surface area contributed by atoms with Gasteiger partial charge in [0.2, 0.25) is 4.96 Å². The minimum Gasteiger partial charge on any atom is -0.481 e. The van der Waals surface area contributed by atoms with Crippen molar-refractivity contribution in [1.82, 2.24) is 24.5 Å². The number of fused-ring (bicyclic) bond motifs is 3. The number of hydrogen-bond acceptors (Lipinski definition) is 8. The van der Waals surface area contributed by atoms with Crippen LogP contribution in [0.1, 0.15) is 52.3 Å². The first-order valence-corrected chi connectivity index (χ1v) is 14.7. The molecule has 0 spiro atoms. The van der Waals surface area contributed by atoms with Crippen LogP contribution in [0, 0.1) is 12.7 Å². The van der Waals surface area contributed by atoms with Crippen LogP contribution in [0.15, 0.2) is 30.3 Å². The molecule has 0 N–H and O–H groups in total. The van der Waals surface area contributed by atoms with Crippen molar-refractivity contribution in [2.24, 2.45) is 0 Å². The number of anilines is 1. The molecule has 5 heterocycles. The average Bonchev–Trinajstić information content (AvgIpc) is 3.67. The van der Waals surface area contributed by atoms with E-state index in [0.717, 1.165) is 58.7 Å². The van der Waals surface area contributed by atoms with Crippen molar-refractivity contribution in [3.63, 3.8) is 0 Å². The number of hydrogen-bond donors (Lipinski definition) is 0. The zero-order chi connectivity index (χ0) is 27.4. The number of carbonyl (C=O) groups is 1. The summed E-state index contributed by atoms with van der Waals surface area (Å²) in [5.41, 5.74) is 3.00. The summed E-state index contributed by atoms with van der Waals surface area (Å²) in [6, 6.07) is 8.29. The SMILES string of the molecule is Cc1nn2c3c(nc2s1)CCN(C(=O)COc1ccc(N2CCOCC2)nc1Cl)C3c1ccc(C2CC2)cc1F. The molecule has 1 unspecified atom stereocenters. The number of imidazole rings is 1. The van der Waals surface area contributed by atoms with Crippen LogP contribution in [0.3, 0.4) is 0 Å². The first-order valence-electron chi connectivity index (χ1n) is 13.5. The fraction of sp³-hybridized carbons (Fsp3) is 0.429. The Labute approximate surface area is 239 Å². The predicted molar refractivity (Wildman–Crippen MR) is 149 cm³/mol. The lowest BCUT2D eigenvalue weighted by Crippen LogP contribution is -2.43. The Morgan fingerprint density at radius 3 is 2.75 bits per heavy atom. The van der Waals surface area contributed by atoms with Gasteiger partial charge < -0.3 is 19.3 Å². The minimum atomic E-state index is -0.679. The maximum Gasteiger partial charge on any atom is 0.261 e. The van der Waals surface area contributed by atoms with Gasteiger partial charge in [-0.05, 0) is 49.4 Å². The molecule has 1 aliphatic carbocycles. The number of amides is 1. The third kappa shape index (κ3) is 4.69. The van der Waals surface area contributed by atoms with Crippen LogP contribution >= 0.6 is 22.9 Å². The predicted octanol–water partition coefficient (Wildman–Crippen LogP) is 4.55. The molecule has 0 radical (unpaired) electrons. The number of rotatable bonds is 6. The summed E-state index contributed by atoms with van der Waals surface area (Å²) in [7, 11) is 0. The van der Waals surface area contributed by atoms with Crippen molar-refractivity contribution in [3.8, 4) is 5.75 Å². The molecule has 1 saturated carbocycles. The van der Waals surface area contributed by atoms with Crippen LogP contribution in [-0.4, -0.2) is 69.8 Å². The van der Waals surface area contributed by atoms with E-state index in [1.54, 1.807) is 21.5 Å². The topological polar surface area (TPSA) is 85.1 Å². The van der Waals surface area contributed by atoms with Gasteiger partial charge in [0.25, 0.3) is 5.91 Å². The number of morpholine rings is 1. The number of aryl methyl sites for hydroxylation is 1. The van der Waals surface area contributed by atoms with Crippen molar-refractivity contribution < 1.29 is 18.7 Å². The van der Waals surface area contributed by atoms with Gasteiger partial charge in [0, 0.05) is 31.6 Å². The smallest absolute Gasteiger partial charge is 0.261 e. The van der Waals surface area contributed by atoms with E-state index in [1.165, 1.54) is 11.3 Å². The molecule has 208 valence electrons. The van der Waals surface area contributed by atoms with Gasteiger partial charge >= 0.3 is 0 Å². The highest BCUT2D eigenvalue weighted by atomic mass is 35.5. The number of benzene rings is 1. The Morgan fingerprint density at radius 1 is 1.18 bits per heavy atom. The number of nitrogens with zero attached hydrogens (tertiary/aromatic N) is 6. The van der Waals surface area contributed by atoms with Crippen LogP contribution < -0.4 is 9.64 Å². The minimum absolute atomic E-state index is 0.187. The van der Waals surface area contributed by atoms with Crippen molar-refractivity contribution in [1.29, 1.82) is 0 Å². The molecule has 1 aromatic carbocycles. The lowest BCUT2D eigenvalue weighted by atomic mass is 9.93. The molecule has 2 fully saturated rings. The summed E-state index contributed by atoms with van der Waals surface area (Å²) >= 11 is 7.92. The van der Waals surface area contributed by atoms with Crippen LogP contribution in [0.25, 0.3) is 4.96 Å². The Morgan fingerprint density at radius 2 is 2.00 bits per heavy atom. The molecule has 1 saturated heterocycles. The third-order valence-electron chi connectivity index (χ3n) is 7.75.